The van der Waals surface area contributed by atoms with Crippen LogP contribution in [0.5, 0.6) is 0 Å². The summed E-state index contributed by atoms with van der Waals surface area (Å²) in [6, 6.07) is 0. The fourth-order valence-corrected chi connectivity index (χ4v) is 1.44. The molecule has 0 spiro atoms. The minimum absolute atomic E-state index is 0. The quantitative estimate of drug-likeness (QED) is 0.651. The summed E-state index contributed by atoms with van der Waals surface area (Å²) in [5.41, 5.74) is 0. The first-order valence-corrected chi connectivity index (χ1v) is 5.49. The van der Waals surface area contributed by atoms with Crippen molar-refractivity contribution in [3.63, 3.8) is 0 Å². The van der Waals surface area contributed by atoms with Crippen molar-refractivity contribution in [1.82, 2.24) is 10.6 Å². The van der Waals surface area contributed by atoms with E-state index in [1.807, 2.05) is 6.92 Å². The van der Waals surface area contributed by atoms with Gasteiger partial charge < -0.3 is 20.1 Å². The van der Waals surface area contributed by atoms with Crippen LogP contribution in [0.15, 0.2) is 0 Å². The molecule has 1 amide bonds. The largest absolute Gasteiger partial charge is 0.380 e. The molecule has 0 aromatic heterocycles. The highest BCUT2D eigenvalue weighted by Gasteiger charge is 2.16. The van der Waals surface area contributed by atoms with Gasteiger partial charge in [-0.25, -0.2) is 0 Å². The molecule has 1 atom stereocenters. The highest BCUT2D eigenvalue weighted by molar-refractivity contribution is 5.85. The summed E-state index contributed by atoms with van der Waals surface area (Å²) in [7, 11) is 0. The van der Waals surface area contributed by atoms with Gasteiger partial charge in [0.05, 0.1) is 25.7 Å². The van der Waals surface area contributed by atoms with E-state index in [4.69, 9.17) is 9.47 Å². The lowest BCUT2D eigenvalue weighted by molar-refractivity contribution is -0.124. The highest BCUT2D eigenvalue weighted by Crippen LogP contribution is 2.00. The van der Waals surface area contributed by atoms with Crippen LogP contribution >= 0.6 is 12.4 Å². The van der Waals surface area contributed by atoms with E-state index in [-0.39, 0.29) is 24.4 Å². The van der Waals surface area contributed by atoms with E-state index in [9.17, 15) is 4.79 Å². The molecule has 0 aromatic carbocycles. The van der Waals surface area contributed by atoms with Gasteiger partial charge >= 0.3 is 0 Å². The van der Waals surface area contributed by atoms with E-state index in [0.29, 0.717) is 32.8 Å². The van der Waals surface area contributed by atoms with Gasteiger partial charge in [0.15, 0.2) is 0 Å². The van der Waals surface area contributed by atoms with Crippen molar-refractivity contribution in [3.8, 4) is 0 Å². The summed E-state index contributed by atoms with van der Waals surface area (Å²) in [6.45, 7) is 6.10. The minimum Gasteiger partial charge on any atom is -0.380 e. The van der Waals surface area contributed by atoms with Crippen molar-refractivity contribution in [2.45, 2.75) is 19.4 Å². The lowest BCUT2D eigenvalue weighted by Crippen LogP contribution is -2.41. The van der Waals surface area contributed by atoms with E-state index in [1.165, 1.54) is 0 Å². The maximum Gasteiger partial charge on any atom is 0.222 e. The van der Waals surface area contributed by atoms with Gasteiger partial charge in [-0.1, -0.05) is 0 Å². The molecule has 1 aliphatic heterocycles. The molecule has 5 nitrogen and oxygen atoms in total. The van der Waals surface area contributed by atoms with Gasteiger partial charge in [0.1, 0.15) is 0 Å². The standard InChI is InChI=1S/C10H20N2O3.ClH/c1-2-14-5-4-12-10(13)7-9-8-11-3-6-15-9;/h9,11H,2-8H2,1H3,(H,12,13);1H. The van der Waals surface area contributed by atoms with Gasteiger partial charge in [0.2, 0.25) is 5.91 Å². The number of hydrogen-bond donors (Lipinski definition) is 2. The average Bonchev–Trinajstić information content (AvgIpc) is 2.26. The third-order valence-electron chi connectivity index (χ3n) is 2.19. The van der Waals surface area contributed by atoms with Crippen LogP contribution in [0.25, 0.3) is 0 Å². The maximum atomic E-state index is 11.4. The zero-order valence-corrected chi connectivity index (χ0v) is 10.5. The zero-order valence-electron chi connectivity index (χ0n) is 9.66. The van der Waals surface area contributed by atoms with Gasteiger partial charge in [-0.2, -0.15) is 0 Å². The molecule has 6 heteroatoms. The lowest BCUT2D eigenvalue weighted by Gasteiger charge is -2.22. The van der Waals surface area contributed by atoms with Gasteiger partial charge in [-0.15, -0.1) is 12.4 Å². The highest BCUT2D eigenvalue weighted by atomic mass is 35.5. The Morgan fingerprint density at radius 2 is 2.44 bits per heavy atom. The smallest absolute Gasteiger partial charge is 0.222 e. The number of halogens is 1. The Kier molecular flexibility index (Phi) is 9.62. The molecule has 1 heterocycles. The number of hydrogen-bond acceptors (Lipinski definition) is 4. The molecular weight excluding hydrogens is 232 g/mol. The summed E-state index contributed by atoms with van der Waals surface area (Å²) in [6.07, 6.45) is 0.449. The molecule has 1 aliphatic rings. The Hall–Kier alpha value is -0.360. The fourth-order valence-electron chi connectivity index (χ4n) is 1.44. The Labute approximate surface area is 103 Å². The predicted molar refractivity (Wildman–Crippen MR) is 64.0 cm³/mol. The molecule has 0 saturated carbocycles. The average molecular weight is 253 g/mol. The van der Waals surface area contributed by atoms with Crippen LogP contribution in [0.1, 0.15) is 13.3 Å². The van der Waals surface area contributed by atoms with Gasteiger partial charge in [-0.05, 0) is 6.92 Å². The van der Waals surface area contributed by atoms with Gasteiger partial charge in [0, 0.05) is 26.2 Å². The minimum atomic E-state index is 0. The maximum absolute atomic E-state index is 11.4. The third-order valence-corrected chi connectivity index (χ3v) is 2.19. The predicted octanol–water partition coefficient (Wildman–Crippen LogP) is -0.0606. The number of carbonyl (C=O) groups is 1. The molecule has 96 valence electrons. The SMILES string of the molecule is CCOCCNC(=O)CC1CNCCO1.Cl. The number of morpholine rings is 1. The summed E-state index contributed by atoms with van der Waals surface area (Å²) in [5.74, 6) is 0.0309. The number of ether oxygens (including phenoxy) is 2. The van der Waals surface area contributed by atoms with Crippen LogP contribution in [-0.4, -0.2) is 51.5 Å². The first-order valence-electron chi connectivity index (χ1n) is 5.49. The molecule has 0 bridgehead atoms. The molecule has 0 aromatic rings. The van der Waals surface area contributed by atoms with Crippen LogP contribution in [-0.2, 0) is 14.3 Å². The molecule has 1 rings (SSSR count). The fraction of sp³-hybridized carbons (Fsp3) is 0.900. The zero-order chi connectivity index (χ0) is 10.9. The molecule has 1 unspecified atom stereocenters. The van der Waals surface area contributed by atoms with E-state index in [2.05, 4.69) is 10.6 Å². The summed E-state index contributed by atoms with van der Waals surface area (Å²) in [5, 5.41) is 5.98. The Balaban J connectivity index is 0.00000225. The Bertz CT molecular complexity index is 187. The van der Waals surface area contributed by atoms with Crippen molar-refractivity contribution >= 4 is 18.3 Å². The lowest BCUT2D eigenvalue weighted by atomic mass is 10.2. The van der Waals surface area contributed by atoms with Gasteiger partial charge in [0.25, 0.3) is 0 Å². The van der Waals surface area contributed by atoms with Crippen LogP contribution in [0.3, 0.4) is 0 Å². The number of nitrogens with one attached hydrogen (secondary N) is 2. The molecule has 1 saturated heterocycles. The second-order valence-electron chi connectivity index (χ2n) is 3.45. The summed E-state index contributed by atoms with van der Waals surface area (Å²) < 4.78 is 10.5. The number of carbonyl (C=O) groups excluding carboxylic acids is 1. The van der Waals surface area contributed by atoms with E-state index in [0.717, 1.165) is 13.1 Å². The second-order valence-corrected chi connectivity index (χ2v) is 3.45. The number of amides is 1. The Morgan fingerprint density at radius 3 is 3.06 bits per heavy atom. The van der Waals surface area contributed by atoms with Crippen molar-refractivity contribution in [2.24, 2.45) is 0 Å². The van der Waals surface area contributed by atoms with Crippen molar-refractivity contribution < 1.29 is 14.3 Å². The molecular formula is C10H21ClN2O3. The molecule has 0 radical (unpaired) electrons. The first kappa shape index (κ1) is 15.6. The monoisotopic (exact) mass is 252 g/mol. The first-order chi connectivity index (χ1) is 7.33. The molecule has 2 N–H and O–H groups in total. The van der Waals surface area contributed by atoms with Crippen LogP contribution < -0.4 is 10.6 Å². The van der Waals surface area contributed by atoms with Crippen LogP contribution in [0.2, 0.25) is 0 Å². The third kappa shape index (κ3) is 7.00. The Morgan fingerprint density at radius 1 is 1.62 bits per heavy atom. The summed E-state index contributed by atoms with van der Waals surface area (Å²) in [4.78, 5) is 11.4. The van der Waals surface area contributed by atoms with Crippen molar-refractivity contribution in [2.75, 3.05) is 39.5 Å². The molecule has 0 aliphatic carbocycles. The second kappa shape index (κ2) is 9.84. The normalized spacial score (nSPS) is 19.9. The molecule has 16 heavy (non-hydrogen) atoms. The van der Waals surface area contributed by atoms with E-state index >= 15 is 0 Å². The van der Waals surface area contributed by atoms with Gasteiger partial charge in [-0.3, -0.25) is 4.79 Å². The van der Waals surface area contributed by atoms with E-state index in [1.54, 1.807) is 0 Å². The number of rotatable bonds is 6. The molecule has 1 fully saturated rings. The topological polar surface area (TPSA) is 59.6 Å². The van der Waals surface area contributed by atoms with Crippen molar-refractivity contribution in [3.05, 3.63) is 0 Å². The van der Waals surface area contributed by atoms with Crippen LogP contribution in [0.4, 0.5) is 0 Å². The summed E-state index contributed by atoms with van der Waals surface area (Å²) >= 11 is 0. The van der Waals surface area contributed by atoms with Crippen molar-refractivity contribution in [1.29, 1.82) is 0 Å². The van der Waals surface area contributed by atoms with Crippen LogP contribution in [0, 0.1) is 0 Å². The van der Waals surface area contributed by atoms with E-state index < -0.39 is 0 Å².